The molecule has 1 aromatic carbocycles. The van der Waals surface area contributed by atoms with Crippen LogP contribution in [0.3, 0.4) is 0 Å². The van der Waals surface area contributed by atoms with Gasteiger partial charge in [0.1, 0.15) is 6.04 Å². The maximum absolute atomic E-state index is 11.0. The highest BCUT2D eigenvalue weighted by atomic mass is 16.1. The van der Waals surface area contributed by atoms with Crippen LogP contribution in [0.2, 0.25) is 0 Å². The number of hydrogen-bond acceptors (Lipinski definition) is 1. The van der Waals surface area contributed by atoms with Gasteiger partial charge in [-0.25, -0.2) is 0 Å². The van der Waals surface area contributed by atoms with Crippen LogP contribution < -0.4 is 5.32 Å². The van der Waals surface area contributed by atoms with Gasteiger partial charge in [0.05, 0.1) is 0 Å². The molecule has 1 aromatic rings. The van der Waals surface area contributed by atoms with Gasteiger partial charge in [-0.2, -0.15) is 0 Å². The average Bonchev–Trinajstić information content (AvgIpc) is 2.26. The van der Waals surface area contributed by atoms with E-state index in [0.717, 1.165) is 5.56 Å². The lowest BCUT2D eigenvalue weighted by Gasteiger charge is -2.11. The standard InChI is InChI=1S/C12H11NO/c1-3-11(13-12(14)4-2)10-8-6-5-7-9-10/h1,4-9,11H,2H2,(H,13,14). The Hall–Kier alpha value is -2.01. The molecule has 1 atom stereocenters. The first-order valence-corrected chi connectivity index (χ1v) is 4.22. The third kappa shape index (κ3) is 2.49. The topological polar surface area (TPSA) is 29.1 Å². The summed E-state index contributed by atoms with van der Waals surface area (Å²) in [5.74, 6) is 2.24. The van der Waals surface area contributed by atoms with E-state index in [1.54, 1.807) is 0 Å². The number of hydrogen-bond donors (Lipinski definition) is 1. The molecular formula is C12H11NO. The van der Waals surface area contributed by atoms with Crippen LogP contribution in [0.1, 0.15) is 11.6 Å². The minimum atomic E-state index is -0.387. The molecule has 0 heterocycles. The maximum Gasteiger partial charge on any atom is 0.244 e. The molecule has 0 radical (unpaired) electrons. The molecule has 2 heteroatoms. The SMILES string of the molecule is C#CC(NC(=O)C=C)c1ccccc1. The number of rotatable bonds is 3. The van der Waals surface area contributed by atoms with Crippen molar-refractivity contribution in [3.63, 3.8) is 0 Å². The number of nitrogens with one attached hydrogen (secondary N) is 1. The molecule has 0 aliphatic heterocycles. The predicted octanol–water partition coefficient (Wildman–Crippen LogP) is 1.66. The lowest BCUT2D eigenvalue weighted by molar-refractivity contribution is -0.116. The zero-order valence-electron chi connectivity index (χ0n) is 7.73. The highest BCUT2D eigenvalue weighted by molar-refractivity contribution is 5.87. The third-order valence-corrected chi connectivity index (χ3v) is 1.77. The number of carbonyl (C=O) groups is 1. The van der Waals surface area contributed by atoms with Crippen LogP contribution in [-0.4, -0.2) is 5.91 Å². The maximum atomic E-state index is 11.0. The van der Waals surface area contributed by atoms with Crippen LogP contribution in [0.5, 0.6) is 0 Å². The van der Waals surface area contributed by atoms with Gasteiger partial charge >= 0.3 is 0 Å². The van der Waals surface area contributed by atoms with E-state index in [0.29, 0.717) is 0 Å². The van der Waals surface area contributed by atoms with Crippen molar-refractivity contribution in [2.45, 2.75) is 6.04 Å². The van der Waals surface area contributed by atoms with Gasteiger partial charge in [-0.15, -0.1) is 6.42 Å². The normalized spacial score (nSPS) is 11.1. The van der Waals surface area contributed by atoms with Crippen LogP contribution in [0.15, 0.2) is 43.0 Å². The highest BCUT2D eigenvalue weighted by Crippen LogP contribution is 2.10. The molecule has 0 aliphatic rings. The van der Waals surface area contributed by atoms with Crippen molar-refractivity contribution in [3.8, 4) is 12.3 Å². The second-order valence-electron chi connectivity index (χ2n) is 2.72. The van der Waals surface area contributed by atoms with E-state index in [4.69, 9.17) is 6.42 Å². The van der Waals surface area contributed by atoms with Crippen molar-refractivity contribution < 1.29 is 4.79 Å². The highest BCUT2D eigenvalue weighted by Gasteiger charge is 2.08. The fourth-order valence-corrected chi connectivity index (χ4v) is 1.07. The predicted molar refractivity (Wildman–Crippen MR) is 56.4 cm³/mol. The number of terminal acetylenes is 1. The molecule has 0 aromatic heterocycles. The summed E-state index contributed by atoms with van der Waals surface area (Å²) < 4.78 is 0. The average molecular weight is 185 g/mol. The van der Waals surface area contributed by atoms with E-state index in [9.17, 15) is 4.79 Å². The minimum absolute atomic E-state index is 0.267. The van der Waals surface area contributed by atoms with Crippen molar-refractivity contribution >= 4 is 5.91 Å². The molecule has 0 spiro atoms. The first-order chi connectivity index (χ1) is 6.77. The molecule has 1 N–H and O–H groups in total. The van der Waals surface area contributed by atoms with Crippen molar-refractivity contribution in [2.75, 3.05) is 0 Å². The smallest absolute Gasteiger partial charge is 0.244 e. The molecule has 2 nitrogen and oxygen atoms in total. The Morgan fingerprint density at radius 3 is 2.64 bits per heavy atom. The first kappa shape index (κ1) is 10.1. The number of benzene rings is 1. The lowest BCUT2D eigenvalue weighted by atomic mass is 10.1. The quantitative estimate of drug-likeness (QED) is 0.563. The Morgan fingerprint density at radius 2 is 2.14 bits per heavy atom. The Balaban J connectivity index is 2.79. The molecule has 1 amide bonds. The molecule has 0 saturated heterocycles. The summed E-state index contributed by atoms with van der Waals surface area (Å²) in [6.07, 6.45) is 6.51. The molecule has 1 rings (SSSR count). The van der Waals surface area contributed by atoms with Gasteiger partial charge < -0.3 is 5.32 Å². The number of amides is 1. The van der Waals surface area contributed by atoms with Crippen molar-refractivity contribution in [3.05, 3.63) is 48.6 Å². The molecule has 0 aliphatic carbocycles. The zero-order chi connectivity index (χ0) is 10.4. The lowest BCUT2D eigenvalue weighted by Crippen LogP contribution is -2.25. The molecule has 70 valence electrons. The van der Waals surface area contributed by atoms with Crippen LogP contribution >= 0.6 is 0 Å². The van der Waals surface area contributed by atoms with Gasteiger partial charge in [-0.3, -0.25) is 4.79 Å². The zero-order valence-corrected chi connectivity index (χ0v) is 7.73. The van der Waals surface area contributed by atoms with E-state index in [1.165, 1.54) is 6.08 Å². The van der Waals surface area contributed by atoms with E-state index < -0.39 is 0 Å². The van der Waals surface area contributed by atoms with Crippen LogP contribution in [0, 0.1) is 12.3 Å². The Bertz CT molecular complexity index is 362. The van der Waals surface area contributed by atoms with E-state index in [-0.39, 0.29) is 11.9 Å². The van der Waals surface area contributed by atoms with Gasteiger partial charge in [-0.1, -0.05) is 42.8 Å². The summed E-state index contributed by atoms with van der Waals surface area (Å²) in [7, 11) is 0. The largest absolute Gasteiger partial charge is 0.335 e. The monoisotopic (exact) mass is 185 g/mol. The minimum Gasteiger partial charge on any atom is -0.335 e. The fourth-order valence-electron chi connectivity index (χ4n) is 1.07. The van der Waals surface area contributed by atoms with Crippen molar-refractivity contribution in [1.82, 2.24) is 5.32 Å². The summed E-state index contributed by atoms with van der Waals surface area (Å²) in [5, 5.41) is 2.64. The van der Waals surface area contributed by atoms with Gasteiger partial charge in [0.2, 0.25) is 5.91 Å². The summed E-state index contributed by atoms with van der Waals surface area (Å²) in [6, 6.07) is 9.00. The van der Waals surface area contributed by atoms with Crippen LogP contribution in [0.25, 0.3) is 0 Å². The molecule has 0 saturated carbocycles. The van der Waals surface area contributed by atoms with E-state index in [1.807, 2.05) is 30.3 Å². The molecule has 0 fully saturated rings. The molecule has 1 unspecified atom stereocenters. The van der Waals surface area contributed by atoms with Gasteiger partial charge in [0, 0.05) is 0 Å². The van der Waals surface area contributed by atoms with Crippen molar-refractivity contribution in [1.29, 1.82) is 0 Å². The first-order valence-electron chi connectivity index (χ1n) is 4.22. The third-order valence-electron chi connectivity index (χ3n) is 1.77. The van der Waals surface area contributed by atoms with E-state index >= 15 is 0 Å². The summed E-state index contributed by atoms with van der Waals surface area (Å²) >= 11 is 0. The summed E-state index contributed by atoms with van der Waals surface area (Å²) in [6.45, 7) is 3.36. The number of carbonyl (C=O) groups excluding carboxylic acids is 1. The van der Waals surface area contributed by atoms with Gasteiger partial charge in [-0.05, 0) is 11.6 Å². The summed E-state index contributed by atoms with van der Waals surface area (Å²) in [4.78, 5) is 11.0. The Labute approximate surface area is 83.6 Å². The molecular weight excluding hydrogens is 174 g/mol. The molecule has 14 heavy (non-hydrogen) atoms. The van der Waals surface area contributed by atoms with Crippen LogP contribution in [-0.2, 0) is 4.79 Å². The van der Waals surface area contributed by atoms with Gasteiger partial charge in [0.25, 0.3) is 0 Å². The second-order valence-corrected chi connectivity index (χ2v) is 2.72. The van der Waals surface area contributed by atoms with Crippen molar-refractivity contribution in [2.24, 2.45) is 0 Å². The van der Waals surface area contributed by atoms with E-state index in [2.05, 4.69) is 17.8 Å². The fraction of sp³-hybridized carbons (Fsp3) is 0.0833. The summed E-state index contributed by atoms with van der Waals surface area (Å²) in [5.41, 5.74) is 0.894. The van der Waals surface area contributed by atoms with Crippen LogP contribution in [0.4, 0.5) is 0 Å². The van der Waals surface area contributed by atoms with Gasteiger partial charge in [0.15, 0.2) is 0 Å². The second kappa shape index (κ2) is 4.88. The molecule has 0 bridgehead atoms. The Morgan fingerprint density at radius 1 is 1.50 bits per heavy atom. The Kier molecular flexibility index (Phi) is 3.51.